The molecular formula is C20H24N2O. The lowest BCUT2D eigenvalue weighted by Gasteiger charge is -2.44. The summed E-state index contributed by atoms with van der Waals surface area (Å²) in [5.41, 5.74) is 1.95. The Morgan fingerprint density at radius 2 is 1.70 bits per heavy atom. The average Bonchev–Trinajstić information content (AvgIpc) is 2.81. The zero-order chi connectivity index (χ0) is 15.7. The summed E-state index contributed by atoms with van der Waals surface area (Å²) < 4.78 is 0. The van der Waals surface area contributed by atoms with E-state index in [0.717, 1.165) is 31.4 Å². The second-order valence-electron chi connectivity index (χ2n) is 7.21. The summed E-state index contributed by atoms with van der Waals surface area (Å²) in [6.07, 6.45) is 8.60. The van der Waals surface area contributed by atoms with Gasteiger partial charge in [0.2, 0.25) is 0 Å². The summed E-state index contributed by atoms with van der Waals surface area (Å²) in [6.45, 7) is 1.01. The minimum Gasteiger partial charge on any atom is -0.389 e. The van der Waals surface area contributed by atoms with E-state index < -0.39 is 5.60 Å². The Hall–Kier alpha value is -1.71. The molecule has 2 unspecified atom stereocenters. The summed E-state index contributed by atoms with van der Waals surface area (Å²) in [5.74, 6) is 0. The van der Waals surface area contributed by atoms with E-state index in [1.54, 1.807) is 6.20 Å². The summed E-state index contributed by atoms with van der Waals surface area (Å²) in [4.78, 5) is 6.80. The van der Waals surface area contributed by atoms with Crippen LogP contribution in [0.2, 0.25) is 0 Å². The van der Waals surface area contributed by atoms with Crippen molar-refractivity contribution in [1.82, 2.24) is 9.88 Å². The molecule has 1 aromatic heterocycles. The molecule has 3 heteroatoms. The molecule has 3 nitrogen and oxygen atoms in total. The molecule has 0 radical (unpaired) electrons. The maximum Gasteiger partial charge on any atom is 0.0718 e. The minimum absolute atomic E-state index is 0.510. The van der Waals surface area contributed by atoms with Crippen LogP contribution >= 0.6 is 0 Å². The molecule has 0 amide bonds. The number of piperidine rings is 1. The van der Waals surface area contributed by atoms with Crippen molar-refractivity contribution < 1.29 is 5.11 Å². The monoisotopic (exact) mass is 308 g/mol. The van der Waals surface area contributed by atoms with Gasteiger partial charge in [-0.15, -0.1) is 0 Å². The molecular weight excluding hydrogens is 284 g/mol. The fourth-order valence-corrected chi connectivity index (χ4v) is 4.49. The average molecular weight is 308 g/mol. The van der Waals surface area contributed by atoms with E-state index in [-0.39, 0.29) is 0 Å². The van der Waals surface area contributed by atoms with Crippen LogP contribution in [0.15, 0.2) is 54.9 Å². The van der Waals surface area contributed by atoms with E-state index in [1.807, 2.05) is 12.3 Å². The highest BCUT2D eigenvalue weighted by atomic mass is 16.3. The first-order valence-corrected chi connectivity index (χ1v) is 8.63. The van der Waals surface area contributed by atoms with Gasteiger partial charge in [-0.2, -0.15) is 0 Å². The highest BCUT2D eigenvalue weighted by Gasteiger charge is 2.47. The van der Waals surface area contributed by atoms with Crippen LogP contribution in [0, 0.1) is 0 Å². The van der Waals surface area contributed by atoms with Gasteiger partial charge in [-0.05, 0) is 42.9 Å². The van der Waals surface area contributed by atoms with Crippen LogP contribution in [-0.4, -0.2) is 32.7 Å². The van der Waals surface area contributed by atoms with Gasteiger partial charge in [0.15, 0.2) is 0 Å². The molecule has 3 heterocycles. The lowest BCUT2D eigenvalue weighted by molar-refractivity contribution is -0.0540. The van der Waals surface area contributed by atoms with Crippen molar-refractivity contribution in [3.8, 4) is 0 Å². The molecule has 0 saturated carbocycles. The molecule has 0 spiro atoms. The van der Waals surface area contributed by atoms with Crippen LogP contribution in [0.5, 0.6) is 0 Å². The Labute approximate surface area is 138 Å². The van der Waals surface area contributed by atoms with Gasteiger partial charge >= 0.3 is 0 Å². The second-order valence-corrected chi connectivity index (χ2v) is 7.21. The molecule has 2 fully saturated rings. The minimum atomic E-state index is -0.567. The lowest BCUT2D eigenvalue weighted by Crippen LogP contribution is -2.51. The van der Waals surface area contributed by atoms with Gasteiger partial charge in [0.25, 0.3) is 0 Å². The molecule has 4 rings (SSSR count). The number of aromatic nitrogens is 1. The number of hydrogen-bond acceptors (Lipinski definition) is 3. The van der Waals surface area contributed by atoms with Gasteiger partial charge in [-0.25, -0.2) is 0 Å². The lowest BCUT2D eigenvalue weighted by atomic mass is 9.81. The molecule has 2 bridgehead atoms. The molecule has 2 atom stereocenters. The van der Waals surface area contributed by atoms with Gasteiger partial charge in [-0.1, -0.05) is 36.4 Å². The normalized spacial score (nSPS) is 30.5. The van der Waals surface area contributed by atoms with E-state index in [1.165, 1.54) is 18.4 Å². The molecule has 2 aliphatic rings. The molecule has 2 aromatic rings. The first-order chi connectivity index (χ1) is 11.2. The molecule has 120 valence electrons. The van der Waals surface area contributed by atoms with Crippen molar-refractivity contribution >= 4 is 0 Å². The summed E-state index contributed by atoms with van der Waals surface area (Å²) in [5, 5.41) is 11.1. The number of rotatable bonds is 4. The Bertz CT molecular complexity index is 629. The van der Waals surface area contributed by atoms with Crippen molar-refractivity contribution in [2.45, 2.75) is 56.3 Å². The van der Waals surface area contributed by atoms with Crippen molar-refractivity contribution in [3.63, 3.8) is 0 Å². The zero-order valence-electron chi connectivity index (χ0n) is 13.4. The fourth-order valence-electron chi connectivity index (χ4n) is 4.49. The largest absolute Gasteiger partial charge is 0.389 e. The quantitative estimate of drug-likeness (QED) is 0.942. The Kier molecular flexibility index (Phi) is 3.92. The van der Waals surface area contributed by atoms with Crippen LogP contribution in [0.25, 0.3) is 0 Å². The van der Waals surface area contributed by atoms with Crippen LogP contribution in [-0.2, 0) is 13.0 Å². The van der Waals surface area contributed by atoms with Gasteiger partial charge in [0.05, 0.1) is 5.60 Å². The number of fused-ring (bicyclic) bond motifs is 2. The summed E-state index contributed by atoms with van der Waals surface area (Å²) >= 11 is 0. The highest BCUT2D eigenvalue weighted by molar-refractivity contribution is 5.18. The molecule has 23 heavy (non-hydrogen) atoms. The fraction of sp³-hybridized carbons (Fsp3) is 0.450. The van der Waals surface area contributed by atoms with Crippen LogP contribution < -0.4 is 0 Å². The van der Waals surface area contributed by atoms with Gasteiger partial charge in [0.1, 0.15) is 0 Å². The summed E-state index contributed by atoms with van der Waals surface area (Å²) in [6, 6.07) is 15.7. The van der Waals surface area contributed by atoms with E-state index in [9.17, 15) is 5.11 Å². The molecule has 0 aliphatic carbocycles. The molecule has 1 N–H and O–H groups in total. The second kappa shape index (κ2) is 6.06. The Morgan fingerprint density at radius 1 is 1.00 bits per heavy atom. The number of nitrogens with zero attached hydrogens (tertiary/aromatic N) is 2. The SMILES string of the molecule is OC1(Cc2cccnc2)CC2CCC(C1)N2Cc1ccccc1. The third kappa shape index (κ3) is 3.17. The van der Waals surface area contributed by atoms with Crippen molar-refractivity contribution in [1.29, 1.82) is 0 Å². The Balaban J connectivity index is 1.47. The van der Waals surface area contributed by atoms with Gasteiger partial charge in [0, 0.05) is 37.4 Å². The van der Waals surface area contributed by atoms with Crippen LogP contribution in [0.1, 0.15) is 36.8 Å². The smallest absolute Gasteiger partial charge is 0.0718 e. The third-order valence-electron chi connectivity index (χ3n) is 5.47. The van der Waals surface area contributed by atoms with Crippen LogP contribution in [0.4, 0.5) is 0 Å². The van der Waals surface area contributed by atoms with Crippen LogP contribution in [0.3, 0.4) is 0 Å². The number of pyridine rings is 1. The standard InChI is InChI=1S/C20H24N2O/c23-20(11-17-7-4-10-21-14-17)12-18-8-9-19(13-20)22(18)15-16-5-2-1-3-6-16/h1-7,10,14,18-19,23H,8-9,11-13,15H2. The molecule has 1 aromatic carbocycles. The van der Waals surface area contributed by atoms with Crippen molar-refractivity contribution in [2.75, 3.05) is 0 Å². The predicted molar refractivity (Wildman–Crippen MR) is 90.9 cm³/mol. The molecule has 2 saturated heterocycles. The number of benzene rings is 1. The summed E-state index contributed by atoms with van der Waals surface area (Å²) in [7, 11) is 0. The first-order valence-electron chi connectivity index (χ1n) is 8.63. The molecule has 2 aliphatic heterocycles. The van der Waals surface area contributed by atoms with E-state index in [2.05, 4.69) is 46.3 Å². The van der Waals surface area contributed by atoms with E-state index in [0.29, 0.717) is 12.1 Å². The van der Waals surface area contributed by atoms with Crippen molar-refractivity contribution in [3.05, 3.63) is 66.0 Å². The van der Waals surface area contributed by atoms with Gasteiger partial charge in [-0.3, -0.25) is 9.88 Å². The first kappa shape index (κ1) is 14.9. The predicted octanol–water partition coefficient (Wildman–Crippen LogP) is 3.18. The van der Waals surface area contributed by atoms with E-state index >= 15 is 0 Å². The van der Waals surface area contributed by atoms with Gasteiger partial charge < -0.3 is 5.11 Å². The number of aliphatic hydroxyl groups is 1. The maximum atomic E-state index is 11.1. The van der Waals surface area contributed by atoms with Crippen molar-refractivity contribution in [2.24, 2.45) is 0 Å². The number of hydrogen-bond donors (Lipinski definition) is 1. The highest BCUT2D eigenvalue weighted by Crippen LogP contribution is 2.42. The topological polar surface area (TPSA) is 36.4 Å². The third-order valence-corrected chi connectivity index (χ3v) is 5.47. The maximum absolute atomic E-state index is 11.1. The van der Waals surface area contributed by atoms with E-state index in [4.69, 9.17) is 0 Å². The Morgan fingerprint density at radius 3 is 2.35 bits per heavy atom. The zero-order valence-corrected chi connectivity index (χ0v) is 13.4.